The minimum atomic E-state index is 0.151. The molecule has 1 heterocycles. The molecule has 1 fully saturated rings. The molecule has 2 atom stereocenters. The van der Waals surface area contributed by atoms with Gasteiger partial charge >= 0.3 is 0 Å². The number of carbonyl (C=O) groups excluding carboxylic acids is 1. The standard InChI is InChI=1S/C17H19NO/c19-17(11-10-14-6-2-1-3-7-14)18-12-15-8-4-5-9-16(15)13-18/h1-7,10-11,15-16H,8-9,12-13H2/b11-10+. The van der Waals surface area contributed by atoms with Crippen LogP contribution in [-0.2, 0) is 4.79 Å². The van der Waals surface area contributed by atoms with Crippen molar-refractivity contribution >= 4 is 12.0 Å². The molecule has 0 spiro atoms. The highest BCUT2D eigenvalue weighted by Crippen LogP contribution is 2.32. The van der Waals surface area contributed by atoms with Gasteiger partial charge in [-0.2, -0.15) is 0 Å². The lowest BCUT2D eigenvalue weighted by molar-refractivity contribution is -0.125. The van der Waals surface area contributed by atoms with Crippen LogP contribution < -0.4 is 0 Å². The van der Waals surface area contributed by atoms with Crippen LogP contribution in [-0.4, -0.2) is 23.9 Å². The maximum Gasteiger partial charge on any atom is 0.246 e. The quantitative estimate of drug-likeness (QED) is 0.586. The Hall–Kier alpha value is -1.83. The summed E-state index contributed by atoms with van der Waals surface area (Å²) < 4.78 is 0. The molecule has 0 bridgehead atoms. The molecular formula is C17H19NO. The van der Waals surface area contributed by atoms with Crippen molar-refractivity contribution in [2.75, 3.05) is 13.1 Å². The molecule has 1 saturated heterocycles. The largest absolute Gasteiger partial charge is 0.339 e. The number of carbonyl (C=O) groups is 1. The van der Waals surface area contributed by atoms with Crippen LogP contribution in [0.2, 0.25) is 0 Å². The second-order valence-electron chi connectivity index (χ2n) is 5.45. The molecule has 1 aromatic rings. The van der Waals surface area contributed by atoms with E-state index in [-0.39, 0.29) is 5.91 Å². The summed E-state index contributed by atoms with van der Waals surface area (Å²) >= 11 is 0. The van der Waals surface area contributed by atoms with Crippen LogP contribution in [0, 0.1) is 11.8 Å². The normalized spacial score (nSPS) is 25.8. The summed E-state index contributed by atoms with van der Waals surface area (Å²) in [5.74, 6) is 1.51. The highest BCUT2D eigenvalue weighted by Gasteiger charge is 2.34. The van der Waals surface area contributed by atoms with Gasteiger partial charge < -0.3 is 4.90 Å². The fourth-order valence-electron chi connectivity index (χ4n) is 3.03. The fraction of sp³-hybridized carbons (Fsp3) is 0.353. The monoisotopic (exact) mass is 253 g/mol. The van der Waals surface area contributed by atoms with Crippen LogP contribution in [0.3, 0.4) is 0 Å². The summed E-state index contributed by atoms with van der Waals surface area (Å²) in [6.07, 6.45) is 10.4. The second-order valence-corrected chi connectivity index (χ2v) is 5.45. The van der Waals surface area contributed by atoms with Gasteiger partial charge in [-0.3, -0.25) is 4.79 Å². The van der Waals surface area contributed by atoms with E-state index in [9.17, 15) is 4.79 Å². The molecule has 0 saturated carbocycles. The van der Waals surface area contributed by atoms with Gasteiger partial charge in [0, 0.05) is 19.2 Å². The number of rotatable bonds is 2. The van der Waals surface area contributed by atoms with Crippen molar-refractivity contribution in [2.24, 2.45) is 11.8 Å². The van der Waals surface area contributed by atoms with Gasteiger partial charge in [0.1, 0.15) is 0 Å². The van der Waals surface area contributed by atoms with Crippen molar-refractivity contribution < 1.29 is 4.79 Å². The zero-order valence-corrected chi connectivity index (χ0v) is 11.0. The average Bonchev–Trinajstić information content (AvgIpc) is 2.90. The number of benzene rings is 1. The Morgan fingerprint density at radius 3 is 2.32 bits per heavy atom. The predicted molar refractivity (Wildman–Crippen MR) is 77.4 cm³/mol. The van der Waals surface area contributed by atoms with E-state index in [1.165, 1.54) is 0 Å². The number of hydrogen-bond acceptors (Lipinski definition) is 1. The average molecular weight is 253 g/mol. The summed E-state index contributed by atoms with van der Waals surface area (Å²) in [4.78, 5) is 14.2. The smallest absolute Gasteiger partial charge is 0.246 e. The Bertz CT molecular complexity index is 487. The van der Waals surface area contributed by atoms with E-state index in [2.05, 4.69) is 12.2 Å². The first kappa shape index (κ1) is 12.2. The van der Waals surface area contributed by atoms with E-state index in [0.717, 1.165) is 31.5 Å². The highest BCUT2D eigenvalue weighted by molar-refractivity contribution is 5.92. The summed E-state index contributed by atoms with van der Waals surface area (Å²) in [6.45, 7) is 1.85. The van der Waals surface area contributed by atoms with Gasteiger partial charge in [-0.05, 0) is 36.3 Å². The number of nitrogens with zero attached hydrogens (tertiary/aromatic N) is 1. The van der Waals surface area contributed by atoms with Gasteiger partial charge in [0.05, 0.1) is 0 Å². The molecule has 0 N–H and O–H groups in total. The van der Waals surface area contributed by atoms with Gasteiger partial charge in [0.25, 0.3) is 0 Å². The number of hydrogen-bond donors (Lipinski definition) is 0. The predicted octanol–water partition coefficient (Wildman–Crippen LogP) is 3.12. The molecule has 2 nitrogen and oxygen atoms in total. The van der Waals surface area contributed by atoms with Crippen molar-refractivity contribution in [3.63, 3.8) is 0 Å². The molecule has 1 aromatic carbocycles. The minimum Gasteiger partial charge on any atom is -0.339 e. The second kappa shape index (κ2) is 5.43. The summed E-state index contributed by atoms with van der Waals surface area (Å²) in [5, 5.41) is 0. The molecule has 2 unspecified atom stereocenters. The van der Waals surface area contributed by atoms with E-state index in [1.54, 1.807) is 6.08 Å². The molecule has 1 aliphatic carbocycles. The number of allylic oxidation sites excluding steroid dienone is 2. The Labute approximate surface area is 114 Å². The van der Waals surface area contributed by atoms with Gasteiger partial charge in [0.15, 0.2) is 0 Å². The number of fused-ring (bicyclic) bond motifs is 1. The molecule has 1 amide bonds. The summed E-state index contributed by atoms with van der Waals surface area (Å²) in [6, 6.07) is 9.98. The van der Waals surface area contributed by atoms with Gasteiger partial charge in [0.2, 0.25) is 5.91 Å². The van der Waals surface area contributed by atoms with Gasteiger partial charge in [-0.15, -0.1) is 0 Å². The van der Waals surface area contributed by atoms with Crippen LogP contribution in [0.1, 0.15) is 18.4 Å². The van der Waals surface area contributed by atoms with Crippen LogP contribution >= 0.6 is 0 Å². The third kappa shape index (κ3) is 2.78. The topological polar surface area (TPSA) is 20.3 Å². The highest BCUT2D eigenvalue weighted by atomic mass is 16.2. The molecule has 0 aromatic heterocycles. The Morgan fingerprint density at radius 1 is 1.05 bits per heavy atom. The van der Waals surface area contributed by atoms with Gasteiger partial charge in [-0.25, -0.2) is 0 Å². The summed E-state index contributed by atoms with van der Waals surface area (Å²) in [7, 11) is 0. The number of amides is 1. The van der Waals surface area contributed by atoms with E-state index >= 15 is 0 Å². The van der Waals surface area contributed by atoms with Crippen LogP contribution in [0.15, 0.2) is 48.6 Å². The molecule has 3 rings (SSSR count). The molecule has 19 heavy (non-hydrogen) atoms. The first-order valence-electron chi connectivity index (χ1n) is 7.00. The van der Waals surface area contributed by atoms with E-state index in [0.29, 0.717) is 11.8 Å². The van der Waals surface area contributed by atoms with E-state index < -0.39 is 0 Å². The van der Waals surface area contributed by atoms with Crippen molar-refractivity contribution in [1.29, 1.82) is 0 Å². The van der Waals surface area contributed by atoms with Crippen LogP contribution in [0.5, 0.6) is 0 Å². The lowest BCUT2D eigenvalue weighted by Gasteiger charge is -2.17. The van der Waals surface area contributed by atoms with Crippen LogP contribution in [0.4, 0.5) is 0 Å². The molecule has 2 heteroatoms. The van der Waals surface area contributed by atoms with E-state index in [4.69, 9.17) is 0 Å². The fourth-order valence-corrected chi connectivity index (χ4v) is 3.03. The minimum absolute atomic E-state index is 0.151. The van der Waals surface area contributed by atoms with Crippen molar-refractivity contribution in [1.82, 2.24) is 4.90 Å². The number of likely N-dealkylation sites (tertiary alicyclic amines) is 1. The maximum atomic E-state index is 12.2. The maximum absolute atomic E-state index is 12.2. The third-order valence-electron chi connectivity index (χ3n) is 4.15. The van der Waals surface area contributed by atoms with Crippen molar-refractivity contribution in [2.45, 2.75) is 12.8 Å². The zero-order chi connectivity index (χ0) is 13.1. The first-order chi connectivity index (χ1) is 9.33. The Morgan fingerprint density at radius 2 is 1.68 bits per heavy atom. The lowest BCUT2D eigenvalue weighted by Crippen LogP contribution is -2.27. The van der Waals surface area contributed by atoms with Crippen molar-refractivity contribution in [3.8, 4) is 0 Å². The zero-order valence-electron chi connectivity index (χ0n) is 11.0. The lowest BCUT2D eigenvalue weighted by atomic mass is 9.86. The Kier molecular flexibility index (Phi) is 3.49. The molecule has 2 aliphatic rings. The summed E-state index contributed by atoms with van der Waals surface area (Å²) in [5.41, 5.74) is 1.08. The molecular weight excluding hydrogens is 234 g/mol. The Balaban J connectivity index is 1.61. The SMILES string of the molecule is O=C(/C=C/c1ccccc1)N1CC2CC=CCC2C1. The first-order valence-corrected chi connectivity index (χ1v) is 7.00. The molecule has 98 valence electrons. The molecule has 0 radical (unpaired) electrons. The van der Waals surface area contributed by atoms with Gasteiger partial charge in [-0.1, -0.05) is 42.5 Å². The third-order valence-corrected chi connectivity index (χ3v) is 4.15. The van der Waals surface area contributed by atoms with E-state index in [1.807, 2.05) is 41.3 Å². The van der Waals surface area contributed by atoms with Crippen molar-refractivity contribution in [3.05, 3.63) is 54.1 Å². The molecule has 1 aliphatic heterocycles. The van der Waals surface area contributed by atoms with Crippen LogP contribution in [0.25, 0.3) is 6.08 Å².